The van der Waals surface area contributed by atoms with Crippen LogP contribution in [0.5, 0.6) is 5.75 Å². The molecule has 0 aliphatic carbocycles. The highest BCUT2D eigenvalue weighted by atomic mass is 16.5. The third-order valence-electron chi connectivity index (χ3n) is 3.43. The molecule has 98 valence electrons. The number of hydrogen-bond acceptors (Lipinski definition) is 3. The molecule has 0 aromatic heterocycles. The summed E-state index contributed by atoms with van der Waals surface area (Å²) < 4.78 is 5.16. The zero-order chi connectivity index (χ0) is 13.1. The minimum atomic E-state index is -0.883. The lowest BCUT2D eigenvalue weighted by atomic mass is 9.93. The van der Waals surface area contributed by atoms with Crippen molar-refractivity contribution in [3.8, 4) is 5.75 Å². The summed E-state index contributed by atoms with van der Waals surface area (Å²) in [4.78, 5) is 13.3. The number of nitrogens with zero attached hydrogens (tertiary/aromatic N) is 1. The van der Waals surface area contributed by atoms with Crippen LogP contribution in [0.2, 0.25) is 0 Å². The van der Waals surface area contributed by atoms with Crippen LogP contribution in [0.4, 0.5) is 5.69 Å². The molecule has 4 nitrogen and oxygen atoms in total. The Balaban J connectivity index is 2.18. The van der Waals surface area contributed by atoms with Crippen LogP contribution in [0.3, 0.4) is 0 Å². The van der Waals surface area contributed by atoms with E-state index in [4.69, 9.17) is 4.74 Å². The maximum atomic E-state index is 11.2. The molecular formula is C14H19NO3. The standard InChI is InChI=1S/C14H19NO3/c1-3-4-10-8-15(9-10)13-7-11(18-2)5-6-12(13)14(16)17/h5-7,10H,3-4,8-9H2,1-2H3,(H,16,17). The summed E-state index contributed by atoms with van der Waals surface area (Å²) in [6.45, 7) is 4.07. The molecule has 1 aliphatic rings. The number of rotatable bonds is 5. The first-order chi connectivity index (χ1) is 8.65. The molecule has 18 heavy (non-hydrogen) atoms. The molecule has 4 heteroatoms. The number of ether oxygens (including phenoxy) is 1. The molecule has 0 amide bonds. The Morgan fingerprint density at radius 3 is 2.78 bits per heavy atom. The second kappa shape index (κ2) is 5.29. The van der Waals surface area contributed by atoms with Gasteiger partial charge in [-0.25, -0.2) is 4.79 Å². The monoisotopic (exact) mass is 249 g/mol. The lowest BCUT2D eigenvalue weighted by Gasteiger charge is -2.41. The lowest BCUT2D eigenvalue weighted by molar-refractivity contribution is 0.0697. The lowest BCUT2D eigenvalue weighted by Crippen LogP contribution is -2.47. The third-order valence-corrected chi connectivity index (χ3v) is 3.43. The predicted molar refractivity (Wildman–Crippen MR) is 70.6 cm³/mol. The Morgan fingerprint density at radius 2 is 2.22 bits per heavy atom. The topological polar surface area (TPSA) is 49.8 Å². The molecule has 0 spiro atoms. The number of carbonyl (C=O) groups is 1. The Labute approximate surface area is 107 Å². The maximum Gasteiger partial charge on any atom is 0.337 e. The van der Waals surface area contributed by atoms with E-state index >= 15 is 0 Å². The SMILES string of the molecule is CCCC1CN(c2cc(OC)ccc2C(=O)O)C1. The van der Waals surface area contributed by atoms with Gasteiger partial charge in [-0.15, -0.1) is 0 Å². The zero-order valence-corrected chi connectivity index (χ0v) is 10.8. The van der Waals surface area contributed by atoms with E-state index in [9.17, 15) is 9.90 Å². The van der Waals surface area contributed by atoms with Gasteiger partial charge in [0.05, 0.1) is 18.4 Å². The van der Waals surface area contributed by atoms with E-state index in [1.165, 1.54) is 12.8 Å². The maximum absolute atomic E-state index is 11.2. The molecule has 0 unspecified atom stereocenters. The third kappa shape index (κ3) is 2.42. The van der Waals surface area contributed by atoms with Crippen LogP contribution in [-0.4, -0.2) is 31.3 Å². The number of benzene rings is 1. The first-order valence-electron chi connectivity index (χ1n) is 6.32. The Hall–Kier alpha value is -1.71. The van der Waals surface area contributed by atoms with Crippen molar-refractivity contribution in [3.05, 3.63) is 23.8 Å². The average Bonchev–Trinajstić information content (AvgIpc) is 2.32. The van der Waals surface area contributed by atoms with Crippen LogP contribution in [-0.2, 0) is 0 Å². The summed E-state index contributed by atoms with van der Waals surface area (Å²) in [5, 5.41) is 9.20. The van der Waals surface area contributed by atoms with Crippen molar-refractivity contribution in [2.45, 2.75) is 19.8 Å². The summed E-state index contributed by atoms with van der Waals surface area (Å²) in [5.74, 6) is 0.517. The molecule has 1 aromatic rings. The molecule has 1 heterocycles. The van der Waals surface area contributed by atoms with E-state index in [1.807, 2.05) is 6.07 Å². The number of aromatic carboxylic acids is 1. The van der Waals surface area contributed by atoms with E-state index in [2.05, 4.69) is 11.8 Å². The van der Waals surface area contributed by atoms with Crippen LogP contribution in [0.1, 0.15) is 30.1 Å². The fraction of sp³-hybridized carbons (Fsp3) is 0.500. The summed E-state index contributed by atoms with van der Waals surface area (Å²) >= 11 is 0. The van der Waals surface area contributed by atoms with Crippen molar-refractivity contribution in [1.82, 2.24) is 0 Å². The summed E-state index contributed by atoms with van der Waals surface area (Å²) in [7, 11) is 1.59. The molecule has 1 fully saturated rings. The predicted octanol–water partition coefficient (Wildman–Crippen LogP) is 2.63. The van der Waals surface area contributed by atoms with Gasteiger partial charge in [0, 0.05) is 19.2 Å². The Bertz CT molecular complexity index is 439. The smallest absolute Gasteiger partial charge is 0.337 e. The summed E-state index contributed by atoms with van der Waals surface area (Å²) in [6.07, 6.45) is 2.39. The summed E-state index contributed by atoms with van der Waals surface area (Å²) in [5.41, 5.74) is 1.12. The molecule has 1 aliphatic heterocycles. The van der Waals surface area contributed by atoms with Crippen molar-refractivity contribution >= 4 is 11.7 Å². The van der Waals surface area contributed by atoms with Gasteiger partial charge in [0.25, 0.3) is 0 Å². The normalized spacial score (nSPS) is 15.3. The number of carboxylic acid groups (broad SMARTS) is 1. The van der Waals surface area contributed by atoms with Gasteiger partial charge >= 0.3 is 5.97 Å². The van der Waals surface area contributed by atoms with Crippen molar-refractivity contribution < 1.29 is 14.6 Å². The number of methoxy groups -OCH3 is 1. The van der Waals surface area contributed by atoms with Gasteiger partial charge in [0.15, 0.2) is 0 Å². The summed E-state index contributed by atoms with van der Waals surface area (Å²) in [6, 6.07) is 5.12. The van der Waals surface area contributed by atoms with E-state index in [1.54, 1.807) is 19.2 Å². The molecular weight excluding hydrogens is 230 g/mol. The van der Waals surface area contributed by atoms with Gasteiger partial charge in [-0.05, 0) is 24.5 Å². The fourth-order valence-corrected chi connectivity index (χ4v) is 2.44. The minimum absolute atomic E-state index is 0.353. The number of carboxylic acids is 1. The van der Waals surface area contributed by atoms with Crippen molar-refractivity contribution in [1.29, 1.82) is 0 Å². The van der Waals surface area contributed by atoms with Gasteiger partial charge in [0.1, 0.15) is 5.75 Å². The number of hydrogen-bond donors (Lipinski definition) is 1. The molecule has 1 N–H and O–H groups in total. The highest BCUT2D eigenvalue weighted by Crippen LogP contribution is 2.32. The molecule has 0 atom stereocenters. The van der Waals surface area contributed by atoms with Crippen molar-refractivity contribution in [3.63, 3.8) is 0 Å². The van der Waals surface area contributed by atoms with Crippen molar-refractivity contribution in [2.24, 2.45) is 5.92 Å². The fourth-order valence-electron chi connectivity index (χ4n) is 2.44. The second-order valence-corrected chi connectivity index (χ2v) is 4.75. The first kappa shape index (κ1) is 12.7. The Morgan fingerprint density at radius 1 is 1.50 bits per heavy atom. The van der Waals surface area contributed by atoms with Crippen LogP contribution in [0, 0.1) is 5.92 Å². The molecule has 1 saturated heterocycles. The van der Waals surface area contributed by atoms with Crippen LogP contribution < -0.4 is 9.64 Å². The molecule has 0 radical (unpaired) electrons. The largest absolute Gasteiger partial charge is 0.497 e. The quantitative estimate of drug-likeness (QED) is 0.871. The van der Waals surface area contributed by atoms with Crippen molar-refractivity contribution in [2.75, 3.05) is 25.1 Å². The van der Waals surface area contributed by atoms with E-state index < -0.39 is 5.97 Å². The van der Waals surface area contributed by atoms with Gasteiger partial charge < -0.3 is 14.7 Å². The van der Waals surface area contributed by atoms with E-state index in [-0.39, 0.29) is 0 Å². The Kier molecular flexibility index (Phi) is 3.75. The first-order valence-corrected chi connectivity index (χ1v) is 6.32. The van der Waals surface area contributed by atoms with Crippen LogP contribution in [0.15, 0.2) is 18.2 Å². The van der Waals surface area contributed by atoms with Gasteiger partial charge in [-0.1, -0.05) is 13.3 Å². The molecule has 0 saturated carbocycles. The average molecular weight is 249 g/mol. The molecule has 1 aromatic carbocycles. The van der Waals surface area contributed by atoms with Gasteiger partial charge in [-0.3, -0.25) is 0 Å². The highest BCUT2D eigenvalue weighted by molar-refractivity contribution is 5.95. The van der Waals surface area contributed by atoms with Gasteiger partial charge in [-0.2, -0.15) is 0 Å². The minimum Gasteiger partial charge on any atom is -0.497 e. The molecule has 2 rings (SSSR count). The second-order valence-electron chi connectivity index (χ2n) is 4.75. The van der Waals surface area contributed by atoms with Crippen LogP contribution >= 0.6 is 0 Å². The molecule has 0 bridgehead atoms. The number of anilines is 1. The van der Waals surface area contributed by atoms with E-state index in [0.717, 1.165) is 18.8 Å². The van der Waals surface area contributed by atoms with Crippen LogP contribution in [0.25, 0.3) is 0 Å². The van der Waals surface area contributed by atoms with Gasteiger partial charge in [0.2, 0.25) is 0 Å². The zero-order valence-electron chi connectivity index (χ0n) is 10.8. The van der Waals surface area contributed by atoms with E-state index in [0.29, 0.717) is 17.2 Å². The highest BCUT2D eigenvalue weighted by Gasteiger charge is 2.29.